The fourth-order valence-corrected chi connectivity index (χ4v) is 1.02. The summed E-state index contributed by atoms with van der Waals surface area (Å²) >= 11 is 0. The lowest BCUT2D eigenvalue weighted by Gasteiger charge is -1.99. The summed E-state index contributed by atoms with van der Waals surface area (Å²) in [6.07, 6.45) is 3.24. The molecule has 0 nitrogen and oxygen atoms in total. The monoisotopic (exact) mass is 146 g/mol. The standard InChI is InChI=1S/C11H14/c1-3-10(2)9-11-7-5-4-6-8-11/h3-8H,9H2,1-2H3/b10-3-. The molecule has 0 aliphatic rings. The molecule has 0 aliphatic carbocycles. The predicted octanol–water partition coefficient (Wildman–Crippen LogP) is 3.20. The van der Waals surface area contributed by atoms with E-state index in [2.05, 4.69) is 50.3 Å². The molecular formula is C11H14. The van der Waals surface area contributed by atoms with Crippen LogP contribution >= 0.6 is 0 Å². The SMILES string of the molecule is C/C=C(/C)Cc1ccccc1. The molecule has 0 N–H and O–H groups in total. The van der Waals surface area contributed by atoms with E-state index >= 15 is 0 Å². The summed E-state index contributed by atoms with van der Waals surface area (Å²) in [6.45, 7) is 4.24. The molecule has 0 heteroatoms. The minimum Gasteiger partial charge on any atom is -0.0884 e. The van der Waals surface area contributed by atoms with Crippen molar-refractivity contribution in [2.45, 2.75) is 20.3 Å². The second-order valence-corrected chi connectivity index (χ2v) is 2.80. The molecular weight excluding hydrogens is 132 g/mol. The molecule has 1 aromatic rings. The highest BCUT2D eigenvalue weighted by atomic mass is 14.0. The Kier molecular flexibility index (Phi) is 2.91. The van der Waals surface area contributed by atoms with E-state index in [0.29, 0.717) is 0 Å². The molecule has 0 fully saturated rings. The van der Waals surface area contributed by atoms with Gasteiger partial charge in [0.15, 0.2) is 0 Å². The average Bonchev–Trinajstić information content (AvgIpc) is 2.06. The van der Waals surface area contributed by atoms with Crippen LogP contribution in [0.5, 0.6) is 0 Å². The molecule has 0 saturated heterocycles. The maximum Gasteiger partial charge on any atom is -0.00700 e. The molecule has 58 valence electrons. The van der Waals surface area contributed by atoms with Gasteiger partial charge in [0, 0.05) is 0 Å². The van der Waals surface area contributed by atoms with Gasteiger partial charge in [-0.1, -0.05) is 42.0 Å². The second-order valence-electron chi connectivity index (χ2n) is 2.80. The maximum atomic E-state index is 2.16. The zero-order valence-electron chi connectivity index (χ0n) is 7.17. The van der Waals surface area contributed by atoms with Gasteiger partial charge in [-0.15, -0.1) is 0 Å². The highest BCUT2D eigenvalue weighted by molar-refractivity contribution is 5.20. The first-order valence-electron chi connectivity index (χ1n) is 3.98. The lowest BCUT2D eigenvalue weighted by Crippen LogP contribution is -1.84. The van der Waals surface area contributed by atoms with Gasteiger partial charge in [-0.3, -0.25) is 0 Å². The summed E-state index contributed by atoms with van der Waals surface area (Å²) in [4.78, 5) is 0. The van der Waals surface area contributed by atoms with Gasteiger partial charge in [-0.2, -0.15) is 0 Å². The number of hydrogen-bond donors (Lipinski definition) is 0. The molecule has 1 rings (SSSR count). The average molecular weight is 146 g/mol. The zero-order valence-corrected chi connectivity index (χ0v) is 7.17. The van der Waals surface area contributed by atoms with Crippen LogP contribution in [0.3, 0.4) is 0 Å². The van der Waals surface area contributed by atoms with E-state index in [4.69, 9.17) is 0 Å². The minimum absolute atomic E-state index is 1.08. The first-order chi connectivity index (χ1) is 5.33. The molecule has 0 radical (unpaired) electrons. The van der Waals surface area contributed by atoms with Gasteiger partial charge in [0.1, 0.15) is 0 Å². The van der Waals surface area contributed by atoms with Gasteiger partial charge in [-0.25, -0.2) is 0 Å². The van der Waals surface area contributed by atoms with Crippen LogP contribution in [0.1, 0.15) is 19.4 Å². The van der Waals surface area contributed by atoms with E-state index in [1.165, 1.54) is 11.1 Å². The molecule has 1 aromatic carbocycles. The Labute approximate surface area is 68.6 Å². The predicted molar refractivity (Wildman–Crippen MR) is 49.6 cm³/mol. The van der Waals surface area contributed by atoms with E-state index in [9.17, 15) is 0 Å². The van der Waals surface area contributed by atoms with E-state index in [0.717, 1.165) is 6.42 Å². The second kappa shape index (κ2) is 3.97. The molecule has 0 spiro atoms. The Morgan fingerprint density at radius 2 is 1.91 bits per heavy atom. The van der Waals surface area contributed by atoms with Crippen LogP contribution in [-0.4, -0.2) is 0 Å². The van der Waals surface area contributed by atoms with Crippen LogP contribution in [0.4, 0.5) is 0 Å². The van der Waals surface area contributed by atoms with Crippen LogP contribution in [0.2, 0.25) is 0 Å². The fourth-order valence-electron chi connectivity index (χ4n) is 1.02. The summed E-state index contributed by atoms with van der Waals surface area (Å²) in [5.74, 6) is 0. The largest absolute Gasteiger partial charge is 0.0884 e. The summed E-state index contributed by atoms with van der Waals surface area (Å²) in [5, 5.41) is 0. The zero-order chi connectivity index (χ0) is 8.10. The highest BCUT2D eigenvalue weighted by Crippen LogP contribution is 2.05. The van der Waals surface area contributed by atoms with Crippen LogP contribution in [-0.2, 0) is 6.42 Å². The van der Waals surface area contributed by atoms with Crippen molar-refractivity contribution < 1.29 is 0 Å². The Hall–Kier alpha value is -1.04. The van der Waals surface area contributed by atoms with Crippen molar-refractivity contribution in [2.24, 2.45) is 0 Å². The van der Waals surface area contributed by atoms with Gasteiger partial charge < -0.3 is 0 Å². The summed E-state index contributed by atoms with van der Waals surface area (Å²) in [6, 6.07) is 10.5. The topological polar surface area (TPSA) is 0 Å². The molecule has 0 aliphatic heterocycles. The van der Waals surface area contributed by atoms with Gasteiger partial charge in [0.2, 0.25) is 0 Å². The molecule has 0 atom stereocenters. The van der Waals surface area contributed by atoms with Crippen LogP contribution in [0, 0.1) is 0 Å². The first-order valence-corrected chi connectivity index (χ1v) is 3.98. The number of allylic oxidation sites excluding steroid dienone is 2. The summed E-state index contributed by atoms with van der Waals surface area (Å²) in [5.41, 5.74) is 2.82. The Morgan fingerprint density at radius 1 is 1.27 bits per heavy atom. The summed E-state index contributed by atoms with van der Waals surface area (Å²) < 4.78 is 0. The minimum atomic E-state index is 1.08. The first kappa shape index (κ1) is 8.06. The van der Waals surface area contributed by atoms with Crippen molar-refractivity contribution in [2.75, 3.05) is 0 Å². The smallest absolute Gasteiger partial charge is 0.00700 e. The molecule has 0 amide bonds. The third-order valence-corrected chi connectivity index (χ3v) is 1.82. The van der Waals surface area contributed by atoms with Gasteiger partial charge in [-0.05, 0) is 25.8 Å². The Balaban J connectivity index is 2.65. The van der Waals surface area contributed by atoms with Crippen molar-refractivity contribution >= 4 is 0 Å². The lowest BCUT2D eigenvalue weighted by atomic mass is 10.1. The van der Waals surface area contributed by atoms with Crippen molar-refractivity contribution in [1.29, 1.82) is 0 Å². The Bertz CT molecular complexity index is 231. The van der Waals surface area contributed by atoms with Crippen molar-refractivity contribution in [3.63, 3.8) is 0 Å². The van der Waals surface area contributed by atoms with Gasteiger partial charge in [0.25, 0.3) is 0 Å². The number of hydrogen-bond acceptors (Lipinski definition) is 0. The van der Waals surface area contributed by atoms with E-state index < -0.39 is 0 Å². The molecule has 0 heterocycles. The number of benzene rings is 1. The van der Waals surface area contributed by atoms with Crippen LogP contribution < -0.4 is 0 Å². The van der Waals surface area contributed by atoms with Crippen molar-refractivity contribution in [1.82, 2.24) is 0 Å². The summed E-state index contributed by atoms with van der Waals surface area (Å²) in [7, 11) is 0. The third kappa shape index (κ3) is 2.58. The molecule has 0 saturated carbocycles. The number of rotatable bonds is 2. The van der Waals surface area contributed by atoms with E-state index in [-0.39, 0.29) is 0 Å². The van der Waals surface area contributed by atoms with Crippen LogP contribution in [0.25, 0.3) is 0 Å². The Morgan fingerprint density at radius 3 is 2.45 bits per heavy atom. The van der Waals surface area contributed by atoms with Crippen LogP contribution in [0.15, 0.2) is 42.0 Å². The van der Waals surface area contributed by atoms with Crippen molar-refractivity contribution in [3.8, 4) is 0 Å². The highest BCUT2D eigenvalue weighted by Gasteiger charge is 1.90. The van der Waals surface area contributed by atoms with E-state index in [1.54, 1.807) is 0 Å². The van der Waals surface area contributed by atoms with Gasteiger partial charge in [0.05, 0.1) is 0 Å². The van der Waals surface area contributed by atoms with Gasteiger partial charge >= 0.3 is 0 Å². The normalized spacial score (nSPS) is 11.6. The molecule has 11 heavy (non-hydrogen) atoms. The van der Waals surface area contributed by atoms with Crippen molar-refractivity contribution in [3.05, 3.63) is 47.5 Å². The maximum absolute atomic E-state index is 2.16. The van der Waals surface area contributed by atoms with E-state index in [1.807, 2.05) is 0 Å². The third-order valence-electron chi connectivity index (χ3n) is 1.82. The lowest BCUT2D eigenvalue weighted by molar-refractivity contribution is 1.13. The quantitative estimate of drug-likeness (QED) is 0.562. The molecule has 0 bridgehead atoms. The molecule has 0 unspecified atom stereocenters. The molecule has 0 aromatic heterocycles. The fraction of sp³-hybridized carbons (Fsp3) is 0.273.